The molecule has 4 heteroatoms. The Hall–Kier alpha value is -1.16. The van der Waals surface area contributed by atoms with Crippen LogP contribution in [0.15, 0.2) is 6.07 Å². The highest BCUT2D eigenvalue weighted by Crippen LogP contribution is 2.35. The topological polar surface area (TPSA) is 47.0 Å². The number of aromatic nitrogens is 2. The van der Waals surface area contributed by atoms with Crippen LogP contribution in [0.5, 0.6) is 0 Å². The lowest BCUT2D eigenvalue weighted by Gasteiger charge is -2.27. The number of anilines is 1. The maximum Gasteiger partial charge on any atom is 0.134 e. The molecule has 1 N–H and O–H groups in total. The van der Waals surface area contributed by atoms with E-state index in [-0.39, 0.29) is 0 Å². The molecule has 0 amide bonds. The first-order chi connectivity index (χ1) is 9.76. The minimum atomic E-state index is 0.520. The molecule has 20 heavy (non-hydrogen) atoms. The number of hydrogen-bond acceptors (Lipinski definition) is 4. The third-order valence-corrected chi connectivity index (χ3v) is 4.24. The van der Waals surface area contributed by atoms with E-state index in [1.54, 1.807) is 7.11 Å². The third kappa shape index (κ3) is 3.92. The van der Waals surface area contributed by atoms with Gasteiger partial charge in [0.25, 0.3) is 0 Å². The van der Waals surface area contributed by atoms with Crippen LogP contribution in [0, 0.1) is 5.92 Å². The number of nitrogens with zero attached hydrogens (tertiary/aromatic N) is 2. The van der Waals surface area contributed by atoms with Crippen molar-refractivity contribution < 1.29 is 4.74 Å². The van der Waals surface area contributed by atoms with Crippen molar-refractivity contribution in [1.82, 2.24) is 9.97 Å². The molecular weight excluding hydrogens is 250 g/mol. The first kappa shape index (κ1) is 15.2. The van der Waals surface area contributed by atoms with E-state index in [9.17, 15) is 0 Å². The normalized spacial score (nSPS) is 22.8. The summed E-state index contributed by atoms with van der Waals surface area (Å²) >= 11 is 0. The van der Waals surface area contributed by atoms with Crippen LogP contribution in [0.2, 0.25) is 0 Å². The quantitative estimate of drug-likeness (QED) is 0.860. The van der Waals surface area contributed by atoms with E-state index in [0.29, 0.717) is 12.5 Å². The molecule has 1 aromatic rings. The summed E-state index contributed by atoms with van der Waals surface area (Å²) in [7, 11) is 1.71. The van der Waals surface area contributed by atoms with Crippen molar-refractivity contribution >= 4 is 5.82 Å². The Balaban J connectivity index is 2.13. The monoisotopic (exact) mass is 277 g/mol. The third-order valence-electron chi connectivity index (χ3n) is 4.24. The SMILES string of the molecule is CCNc1cc(COC)nc(C2CCC(CC)CC2)n1. The zero-order chi connectivity index (χ0) is 14.4. The average molecular weight is 277 g/mol. The molecule has 1 aromatic heterocycles. The van der Waals surface area contributed by atoms with Crippen LogP contribution < -0.4 is 5.32 Å². The van der Waals surface area contributed by atoms with E-state index < -0.39 is 0 Å². The summed E-state index contributed by atoms with van der Waals surface area (Å²) in [5, 5.41) is 3.30. The summed E-state index contributed by atoms with van der Waals surface area (Å²) in [6, 6.07) is 1.99. The Morgan fingerprint density at radius 1 is 1.20 bits per heavy atom. The van der Waals surface area contributed by atoms with Gasteiger partial charge in [-0.3, -0.25) is 0 Å². The summed E-state index contributed by atoms with van der Waals surface area (Å²) in [6.07, 6.45) is 6.38. The van der Waals surface area contributed by atoms with Crippen LogP contribution in [-0.4, -0.2) is 23.6 Å². The summed E-state index contributed by atoms with van der Waals surface area (Å²) in [5.74, 6) is 3.36. The fraction of sp³-hybridized carbons (Fsp3) is 0.750. The molecule has 2 rings (SSSR count). The van der Waals surface area contributed by atoms with Gasteiger partial charge in [0, 0.05) is 25.6 Å². The highest BCUT2D eigenvalue weighted by molar-refractivity contribution is 5.36. The van der Waals surface area contributed by atoms with Crippen LogP contribution in [0.4, 0.5) is 5.82 Å². The first-order valence-corrected chi connectivity index (χ1v) is 7.87. The second-order valence-electron chi connectivity index (χ2n) is 5.69. The van der Waals surface area contributed by atoms with Gasteiger partial charge in [0.1, 0.15) is 11.6 Å². The lowest BCUT2D eigenvalue weighted by atomic mass is 9.80. The van der Waals surface area contributed by atoms with Crippen LogP contribution in [0.25, 0.3) is 0 Å². The molecule has 1 aliphatic carbocycles. The molecule has 112 valence electrons. The summed E-state index contributed by atoms with van der Waals surface area (Å²) in [4.78, 5) is 9.41. The molecule has 0 unspecified atom stereocenters. The molecule has 0 radical (unpaired) electrons. The van der Waals surface area contributed by atoms with Crippen LogP contribution in [0.3, 0.4) is 0 Å². The number of nitrogens with one attached hydrogen (secondary N) is 1. The molecule has 4 nitrogen and oxygen atoms in total. The van der Waals surface area contributed by atoms with Gasteiger partial charge in [0.2, 0.25) is 0 Å². The van der Waals surface area contributed by atoms with Gasteiger partial charge in [-0.2, -0.15) is 0 Å². The van der Waals surface area contributed by atoms with E-state index in [1.807, 2.05) is 6.07 Å². The lowest BCUT2D eigenvalue weighted by molar-refractivity contribution is 0.181. The molecule has 1 fully saturated rings. The first-order valence-electron chi connectivity index (χ1n) is 7.87. The fourth-order valence-corrected chi connectivity index (χ4v) is 3.02. The van der Waals surface area contributed by atoms with Gasteiger partial charge in [-0.15, -0.1) is 0 Å². The van der Waals surface area contributed by atoms with Crippen molar-refractivity contribution in [3.8, 4) is 0 Å². The molecule has 0 aromatic carbocycles. The van der Waals surface area contributed by atoms with E-state index in [0.717, 1.165) is 29.8 Å². The van der Waals surface area contributed by atoms with Crippen molar-refractivity contribution in [1.29, 1.82) is 0 Å². The van der Waals surface area contributed by atoms with Gasteiger partial charge >= 0.3 is 0 Å². The molecule has 0 saturated heterocycles. The van der Waals surface area contributed by atoms with Gasteiger partial charge in [-0.25, -0.2) is 9.97 Å². The predicted molar refractivity (Wildman–Crippen MR) is 81.9 cm³/mol. The van der Waals surface area contributed by atoms with Crippen LogP contribution in [0.1, 0.15) is 63.4 Å². The van der Waals surface area contributed by atoms with Gasteiger partial charge in [0.15, 0.2) is 0 Å². The van der Waals surface area contributed by atoms with Crippen molar-refractivity contribution in [2.45, 2.75) is 58.5 Å². The molecule has 0 bridgehead atoms. The van der Waals surface area contributed by atoms with Crippen molar-refractivity contribution in [2.75, 3.05) is 19.0 Å². The fourth-order valence-electron chi connectivity index (χ4n) is 3.02. The molecule has 0 aliphatic heterocycles. The van der Waals surface area contributed by atoms with Gasteiger partial charge in [-0.05, 0) is 38.5 Å². The standard InChI is InChI=1S/C16H27N3O/c1-4-12-6-8-13(9-7-12)16-18-14(11-20-3)10-15(19-16)17-5-2/h10,12-13H,4-9,11H2,1-3H3,(H,17,18,19). The number of methoxy groups -OCH3 is 1. The smallest absolute Gasteiger partial charge is 0.134 e. The molecule has 1 saturated carbocycles. The van der Waals surface area contributed by atoms with E-state index >= 15 is 0 Å². The Kier molecular flexibility index (Phi) is 5.77. The number of rotatable bonds is 6. The molecule has 0 spiro atoms. The second-order valence-corrected chi connectivity index (χ2v) is 5.69. The molecule has 1 aliphatic rings. The highest BCUT2D eigenvalue weighted by Gasteiger charge is 2.24. The van der Waals surface area contributed by atoms with E-state index in [2.05, 4.69) is 19.2 Å². The van der Waals surface area contributed by atoms with Gasteiger partial charge in [0.05, 0.1) is 12.3 Å². The maximum absolute atomic E-state index is 5.22. The molecule has 1 heterocycles. The summed E-state index contributed by atoms with van der Waals surface area (Å²) < 4.78 is 5.22. The zero-order valence-corrected chi connectivity index (χ0v) is 13.0. The van der Waals surface area contributed by atoms with Crippen LogP contribution in [-0.2, 0) is 11.3 Å². The number of hydrogen-bond donors (Lipinski definition) is 1. The van der Waals surface area contributed by atoms with Gasteiger partial charge < -0.3 is 10.1 Å². The summed E-state index contributed by atoms with van der Waals surface area (Å²) in [6.45, 7) is 5.82. The maximum atomic E-state index is 5.22. The average Bonchev–Trinajstić information content (AvgIpc) is 2.48. The van der Waals surface area contributed by atoms with Crippen molar-refractivity contribution in [2.24, 2.45) is 5.92 Å². The van der Waals surface area contributed by atoms with E-state index in [1.165, 1.54) is 32.1 Å². The minimum Gasteiger partial charge on any atom is -0.378 e. The van der Waals surface area contributed by atoms with Gasteiger partial charge in [-0.1, -0.05) is 13.3 Å². The zero-order valence-electron chi connectivity index (χ0n) is 13.0. The second kappa shape index (κ2) is 7.58. The predicted octanol–water partition coefficient (Wildman–Crippen LogP) is 3.74. The van der Waals surface area contributed by atoms with Crippen molar-refractivity contribution in [3.63, 3.8) is 0 Å². The van der Waals surface area contributed by atoms with Crippen LogP contribution >= 0.6 is 0 Å². The van der Waals surface area contributed by atoms with Crippen molar-refractivity contribution in [3.05, 3.63) is 17.6 Å². The van der Waals surface area contributed by atoms with E-state index in [4.69, 9.17) is 14.7 Å². The molecular formula is C16H27N3O. The summed E-state index contributed by atoms with van der Waals surface area (Å²) in [5.41, 5.74) is 0.978. The molecule has 0 atom stereocenters. The largest absolute Gasteiger partial charge is 0.378 e. The Morgan fingerprint density at radius 2 is 1.95 bits per heavy atom. The Labute approximate surface area is 122 Å². The lowest BCUT2D eigenvalue weighted by Crippen LogP contribution is -2.16. The Bertz CT molecular complexity index is 390. The highest BCUT2D eigenvalue weighted by atomic mass is 16.5. The number of ether oxygens (including phenoxy) is 1. The minimum absolute atomic E-state index is 0.520. The Morgan fingerprint density at radius 3 is 2.55 bits per heavy atom.